The minimum absolute atomic E-state index is 0.767. The SMILES string of the molecule is Cc1cc2ccoc2cc1C1CCCCC1. The van der Waals surface area contributed by atoms with Gasteiger partial charge in [0.25, 0.3) is 0 Å². The van der Waals surface area contributed by atoms with Gasteiger partial charge < -0.3 is 4.42 Å². The summed E-state index contributed by atoms with van der Waals surface area (Å²) in [6.07, 6.45) is 8.69. The van der Waals surface area contributed by atoms with Crippen LogP contribution in [0.4, 0.5) is 0 Å². The normalized spacial score (nSPS) is 18.1. The third-order valence-electron chi connectivity index (χ3n) is 3.89. The smallest absolute Gasteiger partial charge is 0.134 e. The fourth-order valence-electron chi connectivity index (χ4n) is 2.99. The summed E-state index contributed by atoms with van der Waals surface area (Å²) in [7, 11) is 0. The van der Waals surface area contributed by atoms with Crippen LogP contribution in [0.25, 0.3) is 11.0 Å². The molecule has 2 aromatic rings. The topological polar surface area (TPSA) is 13.1 Å². The lowest BCUT2D eigenvalue weighted by atomic mass is 9.82. The Morgan fingerprint density at radius 2 is 1.94 bits per heavy atom. The molecule has 0 amide bonds. The van der Waals surface area contributed by atoms with Crippen LogP contribution in [0.15, 0.2) is 28.9 Å². The van der Waals surface area contributed by atoms with Crippen molar-refractivity contribution in [3.63, 3.8) is 0 Å². The Hall–Kier alpha value is -1.24. The summed E-state index contributed by atoms with van der Waals surface area (Å²) >= 11 is 0. The van der Waals surface area contributed by atoms with Gasteiger partial charge in [-0.15, -0.1) is 0 Å². The molecule has 0 bridgehead atoms. The molecule has 1 aromatic carbocycles. The average molecular weight is 214 g/mol. The molecular weight excluding hydrogens is 196 g/mol. The van der Waals surface area contributed by atoms with Crippen LogP contribution >= 0.6 is 0 Å². The van der Waals surface area contributed by atoms with Crippen LogP contribution < -0.4 is 0 Å². The van der Waals surface area contributed by atoms with Gasteiger partial charge >= 0.3 is 0 Å². The quantitative estimate of drug-likeness (QED) is 0.665. The van der Waals surface area contributed by atoms with Crippen molar-refractivity contribution in [3.8, 4) is 0 Å². The van der Waals surface area contributed by atoms with E-state index in [0.717, 1.165) is 11.5 Å². The van der Waals surface area contributed by atoms with Crippen LogP contribution in [-0.4, -0.2) is 0 Å². The third kappa shape index (κ3) is 1.64. The molecule has 0 radical (unpaired) electrons. The maximum atomic E-state index is 5.50. The van der Waals surface area contributed by atoms with Crippen molar-refractivity contribution in [2.24, 2.45) is 0 Å². The number of furan rings is 1. The molecule has 3 rings (SSSR count). The van der Waals surface area contributed by atoms with Crippen molar-refractivity contribution < 1.29 is 4.42 Å². The van der Waals surface area contributed by atoms with Crippen LogP contribution in [0, 0.1) is 6.92 Å². The fourth-order valence-corrected chi connectivity index (χ4v) is 2.99. The minimum atomic E-state index is 0.767. The predicted molar refractivity (Wildman–Crippen MR) is 66.8 cm³/mol. The molecular formula is C15H18O. The van der Waals surface area contributed by atoms with E-state index in [4.69, 9.17) is 4.42 Å². The van der Waals surface area contributed by atoms with Gasteiger partial charge in [0, 0.05) is 5.39 Å². The first-order valence-electron chi connectivity index (χ1n) is 6.32. The molecule has 84 valence electrons. The lowest BCUT2D eigenvalue weighted by molar-refractivity contribution is 0.442. The highest BCUT2D eigenvalue weighted by Crippen LogP contribution is 2.36. The fraction of sp³-hybridized carbons (Fsp3) is 0.467. The summed E-state index contributed by atoms with van der Waals surface area (Å²) in [5.41, 5.74) is 3.99. The molecule has 1 aliphatic rings. The molecule has 1 saturated carbocycles. The molecule has 0 atom stereocenters. The maximum absolute atomic E-state index is 5.50. The molecule has 0 spiro atoms. The molecule has 0 saturated heterocycles. The Morgan fingerprint density at radius 1 is 1.12 bits per heavy atom. The first-order chi connectivity index (χ1) is 7.84. The summed E-state index contributed by atoms with van der Waals surface area (Å²) in [6, 6.07) is 6.58. The number of benzene rings is 1. The highest BCUT2D eigenvalue weighted by atomic mass is 16.3. The Kier molecular flexibility index (Phi) is 2.47. The van der Waals surface area contributed by atoms with Gasteiger partial charge in [0.1, 0.15) is 5.58 Å². The first-order valence-corrected chi connectivity index (χ1v) is 6.32. The van der Waals surface area contributed by atoms with Gasteiger partial charge in [0.2, 0.25) is 0 Å². The number of hydrogen-bond acceptors (Lipinski definition) is 1. The van der Waals surface area contributed by atoms with E-state index in [9.17, 15) is 0 Å². The molecule has 1 nitrogen and oxygen atoms in total. The highest BCUT2D eigenvalue weighted by molar-refractivity contribution is 5.79. The summed E-state index contributed by atoms with van der Waals surface area (Å²) < 4.78 is 5.50. The number of aryl methyl sites for hydroxylation is 1. The summed E-state index contributed by atoms with van der Waals surface area (Å²) in [6.45, 7) is 2.23. The molecule has 0 N–H and O–H groups in total. The van der Waals surface area contributed by atoms with E-state index < -0.39 is 0 Å². The minimum Gasteiger partial charge on any atom is -0.464 e. The van der Waals surface area contributed by atoms with E-state index in [0.29, 0.717) is 0 Å². The Morgan fingerprint density at radius 3 is 2.75 bits per heavy atom. The van der Waals surface area contributed by atoms with Crippen LogP contribution in [-0.2, 0) is 0 Å². The Balaban J connectivity index is 2.03. The number of fused-ring (bicyclic) bond motifs is 1. The predicted octanol–water partition coefficient (Wildman–Crippen LogP) is 4.79. The molecule has 1 heterocycles. The molecule has 1 aliphatic carbocycles. The molecule has 16 heavy (non-hydrogen) atoms. The molecule has 0 aliphatic heterocycles. The zero-order valence-electron chi connectivity index (χ0n) is 9.83. The van der Waals surface area contributed by atoms with Gasteiger partial charge in [0.05, 0.1) is 6.26 Å². The van der Waals surface area contributed by atoms with Crippen LogP contribution in [0.3, 0.4) is 0 Å². The van der Waals surface area contributed by atoms with Crippen molar-refractivity contribution in [1.82, 2.24) is 0 Å². The van der Waals surface area contributed by atoms with E-state index in [1.807, 2.05) is 6.07 Å². The highest BCUT2D eigenvalue weighted by Gasteiger charge is 2.18. The van der Waals surface area contributed by atoms with Gasteiger partial charge in [-0.05, 0) is 55.0 Å². The van der Waals surface area contributed by atoms with Gasteiger partial charge in [0.15, 0.2) is 0 Å². The molecule has 1 fully saturated rings. The van der Waals surface area contributed by atoms with E-state index in [1.54, 1.807) is 6.26 Å². The van der Waals surface area contributed by atoms with Gasteiger partial charge in [-0.2, -0.15) is 0 Å². The molecule has 1 heteroatoms. The Bertz CT molecular complexity index is 489. The zero-order valence-corrected chi connectivity index (χ0v) is 9.83. The Labute approximate surface area is 96.5 Å². The first kappa shape index (κ1) is 9.95. The van der Waals surface area contributed by atoms with E-state index in [1.165, 1.54) is 48.6 Å². The van der Waals surface area contributed by atoms with E-state index in [-0.39, 0.29) is 0 Å². The third-order valence-corrected chi connectivity index (χ3v) is 3.89. The van der Waals surface area contributed by atoms with Gasteiger partial charge in [-0.25, -0.2) is 0 Å². The molecule has 0 unspecified atom stereocenters. The van der Waals surface area contributed by atoms with Crippen LogP contribution in [0.2, 0.25) is 0 Å². The number of hydrogen-bond donors (Lipinski definition) is 0. The second kappa shape index (κ2) is 3.97. The lowest BCUT2D eigenvalue weighted by Gasteiger charge is -2.23. The van der Waals surface area contributed by atoms with Gasteiger partial charge in [-0.3, -0.25) is 0 Å². The van der Waals surface area contributed by atoms with E-state index in [2.05, 4.69) is 19.1 Å². The maximum Gasteiger partial charge on any atom is 0.134 e. The van der Waals surface area contributed by atoms with Crippen LogP contribution in [0.5, 0.6) is 0 Å². The van der Waals surface area contributed by atoms with Crippen molar-refractivity contribution in [2.75, 3.05) is 0 Å². The average Bonchev–Trinajstić information content (AvgIpc) is 2.76. The second-order valence-corrected chi connectivity index (χ2v) is 5.00. The zero-order chi connectivity index (χ0) is 11.0. The molecule has 1 aromatic heterocycles. The summed E-state index contributed by atoms with van der Waals surface area (Å²) in [4.78, 5) is 0. The van der Waals surface area contributed by atoms with E-state index >= 15 is 0 Å². The van der Waals surface area contributed by atoms with Crippen LogP contribution in [0.1, 0.15) is 49.1 Å². The number of rotatable bonds is 1. The summed E-state index contributed by atoms with van der Waals surface area (Å²) in [5.74, 6) is 0.767. The van der Waals surface area contributed by atoms with Crippen molar-refractivity contribution >= 4 is 11.0 Å². The monoisotopic (exact) mass is 214 g/mol. The van der Waals surface area contributed by atoms with Gasteiger partial charge in [-0.1, -0.05) is 19.3 Å². The standard InChI is InChI=1S/C15H18O/c1-11-9-13-7-8-16-15(13)10-14(11)12-5-3-2-4-6-12/h7-10,12H,2-6H2,1H3. The van der Waals surface area contributed by atoms with Crippen molar-refractivity contribution in [2.45, 2.75) is 44.9 Å². The second-order valence-electron chi connectivity index (χ2n) is 5.00. The summed E-state index contributed by atoms with van der Waals surface area (Å²) in [5, 5.41) is 1.23. The van der Waals surface area contributed by atoms with Crippen molar-refractivity contribution in [1.29, 1.82) is 0 Å². The van der Waals surface area contributed by atoms with Crippen molar-refractivity contribution in [3.05, 3.63) is 35.6 Å². The lowest BCUT2D eigenvalue weighted by Crippen LogP contribution is -2.05. The largest absolute Gasteiger partial charge is 0.464 e.